The molecule has 7 nitrogen and oxygen atoms in total. The number of aliphatic imine (C=N–C) groups is 1. The molecule has 1 saturated heterocycles. The maximum atomic E-state index is 13.0. The van der Waals surface area contributed by atoms with Gasteiger partial charge in [-0.25, -0.2) is 0 Å². The number of carbonyl (C=O) groups excluding carboxylic acids is 2. The molecule has 0 radical (unpaired) electrons. The number of benzene rings is 3. The van der Waals surface area contributed by atoms with Gasteiger partial charge in [-0.05, 0) is 53.1 Å². The fourth-order valence-corrected chi connectivity index (χ4v) is 4.63. The fraction of sp³-hybridized carbons (Fsp3) is 0.276. The number of rotatable bonds is 7. The number of fused-ring (bicyclic) bond motifs is 1. The Balaban J connectivity index is 1.23. The van der Waals surface area contributed by atoms with Gasteiger partial charge in [0, 0.05) is 43.0 Å². The first-order valence-corrected chi connectivity index (χ1v) is 12.6. The van der Waals surface area contributed by atoms with Gasteiger partial charge in [-0.15, -0.1) is 0 Å². The van der Waals surface area contributed by atoms with Crippen molar-refractivity contribution in [1.82, 2.24) is 10.2 Å². The van der Waals surface area contributed by atoms with E-state index in [9.17, 15) is 22.8 Å². The van der Waals surface area contributed by atoms with Crippen molar-refractivity contribution in [3.05, 3.63) is 89.0 Å². The van der Waals surface area contributed by atoms with Crippen LogP contribution in [0.4, 0.5) is 18.9 Å². The molecule has 0 bridgehead atoms. The average molecular weight is 537 g/mol. The first-order chi connectivity index (χ1) is 18.8. The number of anilines is 1. The molecule has 3 aromatic carbocycles. The summed E-state index contributed by atoms with van der Waals surface area (Å²) in [6.07, 6.45) is -4.53. The zero-order valence-electron chi connectivity index (χ0n) is 21.1. The van der Waals surface area contributed by atoms with Crippen molar-refractivity contribution in [3.63, 3.8) is 0 Å². The first-order valence-electron chi connectivity index (χ1n) is 12.6. The van der Waals surface area contributed by atoms with Crippen LogP contribution in [-0.2, 0) is 22.3 Å². The molecule has 10 heteroatoms. The molecule has 3 aromatic rings. The summed E-state index contributed by atoms with van der Waals surface area (Å²) < 4.78 is 44.4. The summed E-state index contributed by atoms with van der Waals surface area (Å²) >= 11 is 0. The van der Waals surface area contributed by atoms with Gasteiger partial charge in [-0.3, -0.25) is 19.5 Å². The topological polar surface area (TPSA) is 83.0 Å². The first kappa shape index (κ1) is 26.6. The summed E-state index contributed by atoms with van der Waals surface area (Å²) in [7, 11) is 0. The Labute approximate surface area is 223 Å². The van der Waals surface area contributed by atoms with E-state index in [2.05, 4.69) is 20.5 Å². The highest BCUT2D eigenvalue weighted by molar-refractivity contribution is 6.46. The van der Waals surface area contributed by atoms with E-state index in [1.807, 2.05) is 24.3 Å². The van der Waals surface area contributed by atoms with E-state index in [0.717, 1.165) is 54.0 Å². The molecule has 2 heterocycles. The highest BCUT2D eigenvalue weighted by Gasteiger charge is 2.31. The Hall–Kier alpha value is -4.02. The highest BCUT2D eigenvalue weighted by Crippen LogP contribution is 2.31. The summed E-state index contributed by atoms with van der Waals surface area (Å²) in [5, 5.41) is 5.63. The number of nitrogens with one attached hydrogen (secondary N) is 2. The van der Waals surface area contributed by atoms with Crippen LogP contribution in [-0.4, -0.2) is 61.8 Å². The summed E-state index contributed by atoms with van der Waals surface area (Å²) in [6, 6.07) is 17.1. The van der Waals surface area contributed by atoms with Crippen LogP contribution in [0.1, 0.15) is 27.0 Å². The van der Waals surface area contributed by atoms with Crippen LogP contribution in [0.15, 0.2) is 71.7 Å². The molecule has 2 N–H and O–H groups in total. The van der Waals surface area contributed by atoms with Gasteiger partial charge in [0.25, 0.3) is 11.8 Å². The number of hydrogen-bond donors (Lipinski definition) is 2. The molecule has 202 valence electrons. The molecule has 0 unspecified atom stereocenters. The molecule has 5 rings (SSSR count). The second-order valence-corrected chi connectivity index (χ2v) is 9.36. The third kappa shape index (κ3) is 6.35. The van der Waals surface area contributed by atoms with Crippen molar-refractivity contribution in [2.75, 3.05) is 44.7 Å². The van der Waals surface area contributed by atoms with Crippen molar-refractivity contribution in [2.45, 2.75) is 12.7 Å². The van der Waals surface area contributed by atoms with Gasteiger partial charge in [0.15, 0.2) is 0 Å². The average Bonchev–Trinajstić information content (AvgIpc) is 3.37. The Morgan fingerprint density at radius 3 is 2.49 bits per heavy atom. The minimum atomic E-state index is -4.53. The molecule has 2 aliphatic heterocycles. The Bertz CT molecular complexity index is 1410. The van der Waals surface area contributed by atoms with Crippen molar-refractivity contribution in [2.24, 2.45) is 4.99 Å². The lowest BCUT2D eigenvalue weighted by atomic mass is 9.98. The van der Waals surface area contributed by atoms with Crippen molar-refractivity contribution in [1.29, 1.82) is 0 Å². The molecular weight excluding hydrogens is 509 g/mol. The predicted molar refractivity (Wildman–Crippen MR) is 142 cm³/mol. The molecule has 0 aliphatic carbocycles. The van der Waals surface area contributed by atoms with E-state index in [1.54, 1.807) is 18.2 Å². The second-order valence-electron chi connectivity index (χ2n) is 9.36. The largest absolute Gasteiger partial charge is 0.416 e. The SMILES string of the molecule is O=C(NCCN1CCOCC1)C1=NCc2cc(-c3cccc(NC(=O)c4cccc(C(F)(F)F)c4)c3)ccc21. The number of halogens is 3. The van der Waals surface area contributed by atoms with Crippen LogP contribution in [0.5, 0.6) is 0 Å². The summed E-state index contributed by atoms with van der Waals surface area (Å²) in [5.74, 6) is -0.834. The molecule has 0 saturated carbocycles. The maximum absolute atomic E-state index is 13.0. The number of ether oxygens (including phenoxy) is 1. The van der Waals surface area contributed by atoms with Crippen molar-refractivity contribution in [3.8, 4) is 11.1 Å². The number of hydrogen-bond acceptors (Lipinski definition) is 5. The molecule has 0 atom stereocenters. The van der Waals surface area contributed by atoms with E-state index >= 15 is 0 Å². The Morgan fingerprint density at radius 1 is 0.923 bits per heavy atom. The van der Waals surface area contributed by atoms with E-state index in [1.165, 1.54) is 12.1 Å². The van der Waals surface area contributed by atoms with Gasteiger partial charge < -0.3 is 15.4 Å². The third-order valence-corrected chi connectivity index (χ3v) is 6.71. The normalized spacial score (nSPS) is 15.4. The van der Waals surface area contributed by atoms with Gasteiger partial charge in [0.1, 0.15) is 5.71 Å². The Kier molecular flexibility index (Phi) is 7.76. The molecular formula is C29H27F3N4O3. The number of morpholine rings is 1. The van der Waals surface area contributed by atoms with Crippen LogP contribution < -0.4 is 10.6 Å². The number of alkyl halides is 3. The summed E-state index contributed by atoms with van der Waals surface area (Å²) in [6.45, 7) is 4.82. The second kappa shape index (κ2) is 11.4. The van der Waals surface area contributed by atoms with Gasteiger partial charge >= 0.3 is 6.18 Å². The molecule has 39 heavy (non-hydrogen) atoms. The zero-order chi connectivity index (χ0) is 27.4. The monoisotopic (exact) mass is 536 g/mol. The lowest BCUT2D eigenvalue weighted by molar-refractivity contribution is -0.137. The Morgan fingerprint density at radius 2 is 1.69 bits per heavy atom. The molecule has 2 aliphatic rings. The van der Waals surface area contributed by atoms with E-state index in [0.29, 0.717) is 37.7 Å². The summed E-state index contributed by atoms with van der Waals surface area (Å²) in [4.78, 5) is 32.1. The van der Waals surface area contributed by atoms with Crippen LogP contribution in [0.2, 0.25) is 0 Å². The minimum absolute atomic E-state index is 0.0827. The lowest BCUT2D eigenvalue weighted by Crippen LogP contribution is -2.42. The van der Waals surface area contributed by atoms with Gasteiger partial charge in [0.05, 0.1) is 25.3 Å². The predicted octanol–water partition coefficient (Wildman–Crippen LogP) is 4.38. The summed E-state index contributed by atoms with van der Waals surface area (Å²) in [5.41, 5.74) is 3.29. The molecule has 0 aromatic heterocycles. The minimum Gasteiger partial charge on any atom is -0.379 e. The lowest BCUT2D eigenvalue weighted by Gasteiger charge is -2.26. The van der Waals surface area contributed by atoms with E-state index in [-0.39, 0.29) is 11.5 Å². The van der Waals surface area contributed by atoms with Crippen LogP contribution >= 0.6 is 0 Å². The highest BCUT2D eigenvalue weighted by atomic mass is 19.4. The third-order valence-electron chi connectivity index (χ3n) is 6.71. The van der Waals surface area contributed by atoms with Crippen molar-refractivity contribution >= 4 is 23.2 Å². The molecule has 0 spiro atoms. The van der Waals surface area contributed by atoms with Crippen molar-refractivity contribution < 1.29 is 27.5 Å². The van der Waals surface area contributed by atoms with E-state index < -0.39 is 17.6 Å². The maximum Gasteiger partial charge on any atom is 0.416 e. The molecule has 1 fully saturated rings. The van der Waals surface area contributed by atoms with Gasteiger partial charge in [-0.1, -0.05) is 30.3 Å². The number of nitrogens with zero attached hydrogens (tertiary/aromatic N) is 2. The number of amides is 2. The fourth-order valence-electron chi connectivity index (χ4n) is 4.63. The van der Waals surface area contributed by atoms with E-state index in [4.69, 9.17) is 4.74 Å². The van der Waals surface area contributed by atoms with Gasteiger partial charge in [0.2, 0.25) is 0 Å². The smallest absolute Gasteiger partial charge is 0.379 e. The zero-order valence-corrected chi connectivity index (χ0v) is 21.1. The molecule has 2 amide bonds. The van der Waals surface area contributed by atoms with Gasteiger partial charge in [-0.2, -0.15) is 13.2 Å². The standard InChI is InChI=1S/C29H27F3N4O3/c30-29(31,32)23-5-1-4-21(16-23)27(37)35-24-6-2-3-19(17-24)20-7-8-25-22(15-20)18-34-26(25)28(38)33-9-10-36-11-13-39-14-12-36/h1-8,15-17H,9-14,18H2,(H,33,38)(H,35,37). The number of carbonyl (C=O) groups is 2. The van der Waals surface area contributed by atoms with Crippen LogP contribution in [0, 0.1) is 0 Å². The quantitative estimate of drug-likeness (QED) is 0.470. The van der Waals surface area contributed by atoms with Crippen LogP contribution in [0.25, 0.3) is 11.1 Å². The van der Waals surface area contributed by atoms with Crippen LogP contribution in [0.3, 0.4) is 0 Å².